The molecule has 6 heteroatoms. The van der Waals surface area contributed by atoms with Gasteiger partial charge in [0.05, 0.1) is 12.5 Å². The fourth-order valence-electron chi connectivity index (χ4n) is 0.888. The van der Waals surface area contributed by atoms with Crippen LogP contribution in [0.4, 0.5) is 0 Å². The van der Waals surface area contributed by atoms with Gasteiger partial charge in [-0.15, -0.1) is 0 Å². The molecule has 0 aliphatic heterocycles. The van der Waals surface area contributed by atoms with Crippen molar-refractivity contribution < 1.29 is 17.8 Å². The highest BCUT2D eigenvalue weighted by molar-refractivity contribution is 7.86. The summed E-state index contributed by atoms with van der Waals surface area (Å²) in [4.78, 5) is 0. The van der Waals surface area contributed by atoms with Crippen molar-refractivity contribution in [2.45, 2.75) is 0 Å². The van der Waals surface area contributed by atoms with Crippen LogP contribution in [0.3, 0.4) is 0 Å². The van der Waals surface area contributed by atoms with Crippen LogP contribution in [0.1, 0.15) is 5.56 Å². The van der Waals surface area contributed by atoms with Gasteiger partial charge in [-0.3, -0.25) is 0 Å². The van der Waals surface area contributed by atoms with E-state index in [-0.39, 0.29) is 5.75 Å². The minimum Gasteiger partial charge on any atom is -0.411 e. The maximum absolute atomic E-state index is 10.8. The third-order valence-electron chi connectivity index (χ3n) is 1.36. The predicted molar refractivity (Wildman–Crippen MR) is 51.3 cm³/mol. The zero-order valence-corrected chi connectivity index (χ0v) is 8.23. The lowest BCUT2D eigenvalue weighted by atomic mass is 10.2. The van der Waals surface area contributed by atoms with Crippen molar-refractivity contribution in [1.82, 2.24) is 0 Å². The SMILES string of the molecule is CS(=O)(=O)Oc1ccccc1/C=N/O. The van der Waals surface area contributed by atoms with Gasteiger partial charge in [0.1, 0.15) is 0 Å². The summed E-state index contributed by atoms with van der Waals surface area (Å²) in [5.74, 6) is 0.132. The Labute approximate surface area is 81.8 Å². The molecule has 0 spiro atoms. The van der Waals surface area contributed by atoms with E-state index in [2.05, 4.69) is 9.34 Å². The molecule has 0 aromatic heterocycles. The van der Waals surface area contributed by atoms with Gasteiger partial charge >= 0.3 is 10.1 Å². The summed E-state index contributed by atoms with van der Waals surface area (Å²) in [7, 11) is -3.56. The molecular formula is C8H9NO4S. The molecule has 0 aliphatic carbocycles. The summed E-state index contributed by atoms with van der Waals surface area (Å²) in [5.41, 5.74) is 0.389. The smallest absolute Gasteiger partial charge is 0.306 e. The molecule has 0 unspecified atom stereocenters. The molecular weight excluding hydrogens is 206 g/mol. The highest BCUT2D eigenvalue weighted by Gasteiger charge is 2.07. The fourth-order valence-corrected chi connectivity index (χ4v) is 1.37. The third kappa shape index (κ3) is 3.06. The van der Waals surface area contributed by atoms with Crippen molar-refractivity contribution in [3.8, 4) is 5.75 Å². The summed E-state index contributed by atoms with van der Waals surface area (Å²) in [6.45, 7) is 0. The molecule has 1 N–H and O–H groups in total. The van der Waals surface area contributed by atoms with Gasteiger partial charge < -0.3 is 9.39 Å². The van der Waals surface area contributed by atoms with Gasteiger partial charge in [-0.05, 0) is 12.1 Å². The van der Waals surface area contributed by atoms with Gasteiger partial charge in [0.25, 0.3) is 0 Å². The Hall–Kier alpha value is -1.56. The summed E-state index contributed by atoms with van der Waals surface area (Å²) >= 11 is 0. The number of hydrogen-bond acceptors (Lipinski definition) is 5. The van der Waals surface area contributed by atoms with E-state index in [9.17, 15) is 8.42 Å². The molecule has 0 radical (unpaired) electrons. The first kappa shape index (κ1) is 10.5. The third-order valence-corrected chi connectivity index (χ3v) is 1.84. The van der Waals surface area contributed by atoms with Gasteiger partial charge in [0, 0.05) is 5.56 Å². The van der Waals surface area contributed by atoms with Crippen molar-refractivity contribution in [2.24, 2.45) is 5.16 Å². The van der Waals surface area contributed by atoms with Crippen LogP contribution in [0.2, 0.25) is 0 Å². The molecule has 0 fully saturated rings. The largest absolute Gasteiger partial charge is 0.411 e. The van der Waals surface area contributed by atoms with Crippen LogP contribution >= 0.6 is 0 Å². The van der Waals surface area contributed by atoms with E-state index in [0.717, 1.165) is 12.5 Å². The quantitative estimate of drug-likeness (QED) is 0.351. The zero-order valence-electron chi connectivity index (χ0n) is 7.41. The second-order valence-electron chi connectivity index (χ2n) is 2.57. The number of nitrogens with zero attached hydrogens (tertiary/aromatic N) is 1. The van der Waals surface area contributed by atoms with Crippen LogP contribution in [-0.2, 0) is 10.1 Å². The normalized spacial score (nSPS) is 11.8. The van der Waals surface area contributed by atoms with E-state index in [1.807, 2.05) is 0 Å². The lowest BCUT2D eigenvalue weighted by Gasteiger charge is -2.04. The highest BCUT2D eigenvalue weighted by Crippen LogP contribution is 2.17. The van der Waals surface area contributed by atoms with E-state index in [1.54, 1.807) is 18.2 Å². The Kier molecular flexibility index (Phi) is 3.08. The molecule has 5 nitrogen and oxygen atoms in total. The maximum Gasteiger partial charge on any atom is 0.306 e. The van der Waals surface area contributed by atoms with E-state index in [1.165, 1.54) is 6.07 Å². The lowest BCUT2D eigenvalue weighted by molar-refractivity contribution is 0.321. The number of rotatable bonds is 3. The molecule has 1 aromatic rings. The van der Waals surface area contributed by atoms with Crippen molar-refractivity contribution in [3.63, 3.8) is 0 Å². The lowest BCUT2D eigenvalue weighted by Crippen LogP contribution is -2.07. The minimum absolute atomic E-state index is 0.132. The monoisotopic (exact) mass is 215 g/mol. The second-order valence-corrected chi connectivity index (χ2v) is 4.14. The van der Waals surface area contributed by atoms with Gasteiger partial charge in [0.2, 0.25) is 0 Å². The summed E-state index contributed by atoms with van der Waals surface area (Å²) in [5, 5.41) is 11.1. The van der Waals surface area contributed by atoms with Crippen molar-refractivity contribution in [3.05, 3.63) is 29.8 Å². The molecule has 76 valence electrons. The molecule has 0 atom stereocenters. The van der Waals surface area contributed by atoms with Crippen molar-refractivity contribution >= 4 is 16.3 Å². The Balaban J connectivity index is 3.08. The average molecular weight is 215 g/mol. The first-order chi connectivity index (χ1) is 6.53. The van der Waals surface area contributed by atoms with E-state index >= 15 is 0 Å². The maximum atomic E-state index is 10.8. The van der Waals surface area contributed by atoms with Gasteiger partial charge in [0.15, 0.2) is 5.75 Å². The molecule has 0 amide bonds. The Morgan fingerprint density at radius 2 is 2.07 bits per heavy atom. The highest BCUT2D eigenvalue weighted by atomic mass is 32.2. The Morgan fingerprint density at radius 3 is 2.64 bits per heavy atom. The van der Waals surface area contributed by atoms with Crippen LogP contribution in [-0.4, -0.2) is 26.1 Å². The van der Waals surface area contributed by atoms with Crippen LogP contribution in [0.15, 0.2) is 29.4 Å². The molecule has 0 aliphatic rings. The first-order valence-electron chi connectivity index (χ1n) is 3.69. The number of oxime groups is 1. The molecule has 1 aromatic carbocycles. The van der Waals surface area contributed by atoms with E-state index in [4.69, 9.17) is 5.21 Å². The second kappa shape index (κ2) is 4.10. The van der Waals surface area contributed by atoms with Crippen LogP contribution < -0.4 is 4.18 Å². The molecule has 1 rings (SSSR count). The molecule has 0 saturated heterocycles. The summed E-state index contributed by atoms with van der Waals surface area (Å²) in [6.07, 6.45) is 2.04. The van der Waals surface area contributed by atoms with Crippen LogP contribution in [0, 0.1) is 0 Å². The summed E-state index contributed by atoms with van der Waals surface area (Å²) in [6, 6.07) is 6.33. The molecule has 0 bridgehead atoms. The minimum atomic E-state index is -3.56. The van der Waals surface area contributed by atoms with Crippen LogP contribution in [0.5, 0.6) is 5.75 Å². The first-order valence-corrected chi connectivity index (χ1v) is 5.50. The van der Waals surface area contributed by atoms with Gasteiger partial charge in [-0.2, -0.15) is 8.42 Å². The van der Waals surface area contributed by atoms with E-state index < -0.39 is 10.1 Å². The molecule has 0 heterocycles. The van der Waals surface area contributed by atoms with Crippen molar-refractivity contribution in [2.75, 3.05) is 6.26 Å². The number of benzene rings is 1. The average Bonchev–Trinajstić information content (AvgIpc) is 2.06. The van der Waals surface area contributed by atoms with Crippen LogP contribution in [0.25, 0.3) is 0 Å². The Morgan fingerprint density at radius 1 is 1.43 bits per heavy atom. The molecule has 14 heavy (non-hydrogen) atoms. The molecule has 0 saturated carbocycles. The van der Waals surface area contributed by atoms with E-state index in [0.29, 0.717) is 5.56 Å². The van der Waals surface area contributed by atoms with Gasteiger partial charge in [-0.25, -0.2) is 0 Å². The van der Waals surface area contributed by atoms with Gasteiger partial charge in [-0.1, -0.05) is 17.3 Å². The summed E-state index contributed by atoms with van der Waals surface area (Å²) < 4.78 is 26.3. The zero-order chi connectivity index (χ0) is 10.6. The number of para-hydroxylation sites is 1. The number of hydrogen-bond donors (Lipinski definition) is 1. The topological polar surface area (TPSA) is 76.0 Å². The predicted octanol–water partition coefficient (Wildman–Crippen LogP) is 0.833. The standard InChI is InChI=1S/C8H9NO4S/c1-14(11,12)13-8-5-3-2-4-7(8)6-9-10/h2-6,10H,1H3/b9-6+. The van der Waals surface area contributed by atoms with Crippen molar-refractivity contribution in [1.29, 1.82) is 0 Å². The Bertz CT molecular complexity index is 438. The fraction of sp³-hybridized carbons (Fsp3) is 0.125.